The quantitative estimate of drug-likeness (QED) is 0.846. The van der Waals surface area contributed by atoms with E-state index in [4.69, 9.17) is 4.74 Å². The van der Waals surface area contributed by atoms with Crippen LogP contribution in [0.4, 0.5) is 4.79 Å². The van der Waals surface area contributed by atoms with Crippen LogP contribution in [0.3, 0.4) is 0 Å². The lowest BCUT2D eigenvalue weighted by molar-refractivity contribution is 0.0260. The predicted octanol–water partition coefficient (Wildman–Crippen LogP) is 2.32. The molecule has 1 fully saturated rings. The summed E-state index contributed by atoms with van der Waals surface area (Å²) in [6.07, 6.45) is 3.45. The lowest BCUT2D eigenvalue weighted by Crippen LogP contribution is -2.42. The van der Waals surface area contributed by atoms with E-state index in [1.807, 2.05) is 27.7 Å². The highest BCUT2D eigenvalue weighted by atomic mass is 16.6. The number of hydrogen-bond acceptors (Lipinski definition) is 4. The minimum Gasteiger partial charge on any atom is -0.444 e. The van der Waals surface area contributed by atoms with Gasteiger partial charge < -0.3 is 19.9 Å². The second-order valence-corrected chi connectivity index (χ2v) is 6.95. The van der Waals surface area contributed by atoms with Crippen LogP contribution in [-0.4, -0.2) is 67.3 Å². The lowest BCUT2D eigenvalue weighted by Gasteiger charge is -2.27. The fourth-order valence-electron chi connectivity index (χ4n) is 2.55. The molecule has 1 atom stereocenters. The van der Waals surface area contributed by atoms with E-state index in [1.165, 1.54) is 25.8 Å². The molecule has 1 rings (SSSR count). The maximum atomic E-state index is 12.0. The Kier molecular flexibility index (Phi) is 7.46. The molecule has 21 heavy (non-hydrogen) atoms. The summed E-state index contributed by atoms with van der Waals surface area (Å²) in [6.45, 7) is 12.3. The zero-order valence-corrected chi connectivity index (χ0v) is 14.4. The van der Waals surface area contributed by atoms with Crippen LogP contribution in [0.15, 0.2) is 0 Å². The Bertz CT molecular complexity index is 315. The molecule has 0 aromatic rings. The number of carbonyl (C=O) groups excluding carboxylic acids is 1. The first-order valence-electron chi connectivity index (χ1n) is 8.21. The van der Waals surface area contributed by atoms with E-state index in [9.17, 15) is 4.79 Å². The molecule has 1 saturated heterocycles. The Morgan fingerprint density at radius 3 is 2.67 bits per heavy atom. The maximum Gasteiger partial charge on any atom is 0.410 e. The number of nitrogens with zero attached hydrogens (tertiary/aromatic N) is 2. The summed E-state index contributed by atoms with van der Waals surface area (Å²) >= 11 is 0. The number of hydrogen-bond donors (Lipinski definition) is 1. The second kappa shape index (κ2) is 8.59. The Morgan fingerprint density at radius 2 is 2.05 bits per heavy atom. The number of rotatable bonds is 5. The fourth-order valence-corrected chi connectivity index (χ4v) is 2.55. The smallest absolute Gasteiger partial charge is 0.410 e. The molecule has 1 N–H and O–H groups in total. The van der Waals surface area contributed by atoms with Crippen molar-refractivity contribution in [2.24, 2.45) is 0 Å². The molecule has 0 radical (unpaired) electrons. The highest BCUT2D eigenvalue weighted by Crippen LogP contribution is 2.11. The van der Waals surface area contributed by atoms with Gasteiger partial charge in [-0.25, -0.2) is 4.79 Å². The van der Waals surface area contributed by atoms with Crippen LogP contribution in [0.25, 0.3) is 0 Å². The molecule has 0 bridgehead atoms. The van der Waals surface area contributed by atoms with Crippen molar-refractivity contribution < 1.29 is 9.53 Å². The minimum atomic E-state index is -0.427. The average Bonchev–Trinajstić information content (AvgIpc) is 2.57. The summed E-state index contributed by atoms with van der Waals surface area (Å²) in [5.41, 5.74) is -0.427. The zero-order valence-electron chi connectivity index (χ0n) is 14.4. The molecular weight excluding hydrogens is 266 g/mol. The number of ether oxygens (including phenoxy) is 1. The molecular formula is C16H33N3O2. The van der Waals surface area contributed by atoms with Gasteiger partial charge in [0.25, 0.3) is 0 Å². The highest BCUT2D eigenvalue weighted by molar-refractivity contribution is 5.68. The molecule has 0 aromatic heterocycles. The van der Waals surface area contributed by atoms with E-state index in [0.717, 1.165) is 13.1 Å². The van der Waals surface area contributed by atoms with Crippen molar-refractivity contribution in [2.75, 3.05) is 39.8 Å². The lowest BCUT2D eigenvalue weighted by atomic mass is 10.1. The van der Waals surface area contributed by atoms with E-state index < -0.39 is 5.60 Å². The Morgan fingerprint density at radius 1 is 1.33 bits per heavy atom. The van der Waals surface area contributed by atoms with E-state index >= 15 is 0 Å². The standard InChI is InChI=1S/C16H33N3O2/c1-6-19(15(20)21-16(2,3)4)13-10-17-14-8-7-11-18(5)12-9-14/h14,17H,6-13H2,1-5H3. The summed E-state index contributed by atoms with van der Waals surface area (Å²) in [5, 5.41) is 3.59. The van der Waals surface area contributed by atoms with Crippen LogP contribution in [0.1, 0.15) is 47.0 Å². The van der Waals surface area contributed by atoms with E-state index in [0.29, 0.717) is 19.1 Å². The summed E-state index contributed by atoms with van der Waals surface area (Å²) in [4.78, 5) is 16.2. The van der Waals surface area contributed by atoms with Crippen molar-refractivity contribution in [2.45, 2.75) is 58.6 Å². The van der Waals surface area contributed by atoms with Crippen molar-refractivity contribution in [1.29, 1.82) is 0 Å². The SMILES string of the molecule is CCN(CCNC1CCCN(C)CC1)C(=O)OC(C)(C)C. The van der Waals surface area contributed by atoms with Gasteiger partial charge in [-0.15, -0.1) is 0 Å². The fraction of sp³-hybridized carbons (Fsp3) is 0.938. The molecule has 1 aliphatic heterocycles. The topological polar surface area (TPSA) is 44.8 Å². The van der Waals surface area contributed by atoms with E-state index in [2.05, 4.69) is 17.3 Å². The van der Waals surface area contributed by atoms with E-state index in [-0.39, 0.29) is 6.09 Å². The summed E-state index contributed by atoms with van der Waals surface area (Å²) in [5.74, 6) is 0. The maximum absolute atomic E-state index is 12.0. The van der Waals surface area contributed by atoms with Gasteiger partial charge in [-0.3, -0.25) is 0 Å². The predicted molar refractivity (Wildman–Crippen MR) is 86.6 cm³/mol. The molecule has 1 amide bonds. The highest BCUT2D eigenvalue weighted by Gasteiger charge is 2.21. The third-order valence-electron chi connectivity index (χ3n) is 3.80. The second-order valence-electron chi connectivity index (χ2n) is 6.95. The molecule has 0 saturated carbocycles. The molecule has 1 aliphatic rings. The van der Waals surface area contributed by atoms with Crippen molar-refractivity contribution in [3.05, 3.63) is 0 Å². The molecule has 124 valence electrons. The Balaban J connectivity index is 2.30. The van der Waals surface area contributed by atoms with Gasteiger partial charge in [-0.1, -0.05) is 0 Å². The zero-order chi connectivity index (χ0) is 15.9. The largest absolute Gasteiger partial charge is 0.444 e. The summed E-state index contributed by atoms with van der Waals surface area (Å²) < 4.78 is 5.42. The van der Waals surface area contributed by atoms with Gasteiger partial charge in [0.15, 0.2) is 0 Å². The number of likely N-dealkylation sites (tertiary alicyclic amines) is 1. The first-order valence-corrected chi connectivity index (χ1v) is 8.21. The molecule has 1 heterocycles. The van der Waals surface area contributed by atoms with Gasteiger partial charge in [0.2, 0.25) is 0 Å². The Labute approximate surface area is 130 Å². The third kappa shape index (κ3) is 7.67. The molecule has 0 spiro atoms. The van der Waals surface area contributed by atoms with Crippen molar-refractivity contribution >= 4 is 6.09 Å². The van der Waals surface area contributed by atoms with Crippen LogP contribution >= 0.6 is 0 Å². The summed E-state index contributed by atoms with van der Waals surface area (Å²) in [7, 11) is 2.18. The van der Waals surface area contributed by atoms with Crippen molar-refractivity contribution in [3.8, 4) is 0 Å². The number of carbonyl (C=O) groups is 1. The molecule has 1 unspecified atom stereocenters. The van der Waals surface area contributed by atoms with Gasteiger partial charge in [0.1, 0.15) is 5.60 Å². The third-order valence-corrected chi connectivity index (χ3v) is 3.80. The monoisotopic (exact) mass is 299 g/mol. The summed E-state index contributed by atoms with van der Waals surface area (Å²) in [6, 6.07) is 0.576. The number of likely N-dealkylation sites (N-methyl/N-ethyl adjacent to an activating group) is 1. The van der Waals surface area contributed by atoms with Crippen LogP contribution < -0.4 is 5.32 Å². The number of amides is 1. The van der Waals surface area contributed by atoms with Crippen molar-refractivity contribution in [3.63, 3.8) is 0 Å². The Hall–Kier alpha value is -0.810. The van der Waals surface area contributed by atoms with Crippen LogP contribution in [0.5, 0.6) is 0 Å². The molecule has 5 heteroatoms. The van der Waals surface area contributed by atoms with Gasteiger partial charge >= 0.3 is 6.09 Å². The van der Waals surface area contributed by atoms with Gasteiger partial charge in [0, 0.05) is 25.7 Å². The van der Waals surface area contributed by atoms with Crippen LogP contribution in [0.2, 0.25) is 0 Å². The average molecular weight is 299 g/mol. The normalized spacial score (nSPS) is 20.9. The van der Waals surface area contributed by atoms with Crippen molar-refractivity contribution in [1.82, 2.24) is 15.1 Å². The molecule has 5 nitrogen and oxygen atoms in total. The van der Waals surface area contributed by atoms with E-state index in [1.54, 1.807) is 4.90 Å². The van der Waals surface area contributed by atoms with Gasteiger partial charge in [0.05, 0.1) is 0 Å². The van der Waals surface area contributed by atoms with Gasteiger partial charge in [-0.2, -0.15) is 0 Å². The molecule has 0 aliphatic carbocycles. The van der Waals surface area contributed by atoms with Crippen LogP contribution in [0, 0.1) is 0 Å². The molecule has 0 aromatic carbocycles. The minimum absolute atomic E-state index is 0.215. The number of nitrogens with one attached hydrogen (secondary N) is 1. The van der Waals surface area contributed by atoms with Crippen LogP contribution in [-0.2, 0) is 4.74 Å². The first kappa shape index (κ1) is 18.2. The first-order chi connectivity index (χ1) is 9.81. The van der Waals surface area contributed by atoms with Gasteiger partial charge in [-0.05, 0) is 67.1 Å².